The maximum Gasteiger partial charge on any atom is 0.129 e. The van der Waals surface area contributed by atoms with Gasteiger partial charge in [0.1, 0.15) is 4.38 Å². The van der Waals surface area contributed by atoms with E-state index < -0.39 is 0 Å². The van der Waals surface area contributed by atoms with Gasteiger partial charge in [-0.1, -0.05) is 37.0 Å². The van der Waals surface area contributed by atoms with E-state index in [1.165, 1.54) is 9.28 Å². The molecule has 0 aromatic carbocycles. The first kappa shape index (κ1) is 8.21. The summed E-state index contributed by atoms with van der Waals surface area (Å²) >= 11 is 3.53. The van der Waals surface area contributed by atoms with Gasteiger partial charge < -0.3 is 0 Å². The van der Waals surface area contributed by atoms with Crippen LogP contribution in [0.3, 0.4) is 0 Å². The van der Waals surface area contributed by atoms with Crippen molar-refractivity contribution in [1.82, 2.24) is 0 Å². The highest BCUT2D eigenvalue weighted by atomic mass is 32.2. The van der Waals surface area contributed by atoms with E-state index in [0.717, 1.165) is 18.7 Å². The van der Waals surface area contributed by atoms with Gasteiger partial charge in [0, 0.05) is 12.3 Å². The van der Waals surface area contributed by atoms with Crippen molar-refractivity contribution in [3.8, 4) is 0 Å². The number of hydrogen-bond acceptors (Lipinski definition) is 3. The maximum absolute atomic E-state index is 4.37. The van der Waals surface area contributed by atoms with Gasteiger partial charge in [-0.05, 0) is 11.3 Å². The molecule has 0 unspecified atom stereocenters. The zero-order chi connectivity index (χ0) is 7.40. The highest BCUT2D eigenvalue weighted by molar-refractivity contribution is 8.43. The molecule has 0 radical (unpaired) electrons. The van der Waals surface area contributed by atoms with E-state index in [1.807, 2.05) is 0 Å². The van der Waals surface area contributed by atoms with Crippen molar-refractivity contribution < 1.29 is 0 Å². The Balaban J connectivity index is 2.36. The summed E-state index contributed by atoms with van der Waals surface area (Å²) in [5, 5.41) is 0. The lowest BCUT2D eigenvalue weighted by Crippen LogP contribution is -1.80. The first-order chi connectivity index (χ1) is 4.83. The minimum absolute atomic E-state index is 0.961. The molecule has 0 aromatic rings. The van der Waals surface area contributed by atoms with Crippen LogP contribution < -0.4 is 0 Å². The Labute approximate surface area is 70.4 Å². The summed E-state index contributed by atoms with van der Waals surface area (Å²) in [7, 11) is 0. The Bertz CT molecular complexity index is 163. The standard InChI is InChI=1S/C7H11NS2/c1-3-4-8-7-9-5-6(2)10-7/h2-5H2,1H3. The quantitative estimate of drug-likeness (QED) is 0.636. The van der Waals surface area contributed by atoms with Crippen molar-refractivity contribution in [2.24, 2.45) is 4.99 Å². The lowest BCUT2D eigenvalue weighted by molar-refractivity contribution is 0.938. The summed E-state index contributed by atoms with van der Waals surface area (Å²) in [6.07, 6.45) is 1.14. The highest BCUT2D eigenvalue weighted by Gasteiger charge is 2.12. The molecule has 1 heterocycles. The van der Waals surface area contributed by atoms with Crippen molar-refractivity contribution in [1.29, 1.82) is 0 Å². The Hall–Kier alpha value is 0.110. The van der Waals surface area contributed by atoms with Crippen LogP contribution in [0.15, 0.2) is 16.5 Å². The fourth-order valence-electron chi connectivity index (χ4n) is 0.606. The molecule has 0 bridgehead atoms. The smallest absolute Gasteiger partial charge is 0.129 e. The van der Waals surface area contributed by atoms with Gasteiger partial charge in [0.15, 0.2) is 0 Å². The predicted molar refractivity (Wildman–Crippen MR) is 51.8 cm³/mol. The monoisotopic (exact) mass is 173 g/mol. The molecule has 56 valence electrons. The van der Waals surface area contributed by atoms with Crippen LogP contribution in [0.2, 0.25) is 0 Å². The average Bonchev–Trinajstić information content (AvgIpc) is 2.31. The Morgan fingerprint density at radius 2 is 2.50 bits per heavy atom. The van der Waals surface area contributed by atoms with Gasteiger partial charge >= 0.3 is 0 Å². The van der Waals surface area contributed by atoms with Crippen LogP contribution in [0, 0.1) is 0 Å². The van der Waals surface area contributed by atoms with Crippen LogP contribution in [0.1, 0.15) is 13.3 Å². The second kappa shape index (κ2) is 4.09. The minimum Gasteiger partial charge on any atom is -0.271 e. The van der Waals surface area contributed by atoms with Crippen molar-refractivity contribution >= 4 is 27.9 Å². The summed E-state index contributed by atoms with van der Waals surface area (Å²) in [6.45, 7) is 6.98. The summed E-state index contributed by atoms with van der Waals surface area (Å²) < 4.78 is 1.20. The van der Waals surface area contributed by atoms with Crippen LogP contribution in [-0.4, -0.2) is 16.7 Å². The van der Waals surface area contributed by atoms with Gasteiger partial charge in [-0.25, -0.2) is 0 Å². The van der Waals surface area contributed by atoms with E-state index in [-0.39, 0.29) is 0 Å². The molecule has 1 saturated heterocycles. The second-order valence-corrected chi connectivity index (χ2v) is 4.47. The fourth-order valence-corrected chi connectivity index (χ4v) is 2.65. The molecule has 1 rings (SSSR count). The lowest BCUT2D eigenvalue weighted by Gasteiger charge is -1.90. The molecule has 0 aliphatic carbocycles. The third-order valence-electron chi connectivity index (χ3n) is 1.05. The van der Waals surface area contributed by atoms with Gasteiger partial charge in [-0.3, -0.25) is 4.99 Å². The van der Waals surface area contributed by atoms with Crippen molar-refractivity contribution in [3.63, 3.8) is 0 Å². The molecule has 1 fully saturated rings. The summed E-state index contributed by atoms with van der Waals surface area (Å²) in [6, 6.07) is 0. The molecule has 0 N–H and O–H groups in total. The van der Waals surface area contributed by atoms with Crippen LogP contribution in [0.25, 0.3) is 0 Å². The number of rotatable bonds is 2. The van der Waals surface area contributed by atoms with Crippen molar-refractivity contribution in [2.75, 3.05) is 12.3 Å². The largest absolute Gasteiger partial charge is 0.271 e. The van der Waals surface area contributed by atoms with Gasteiger partial charge in [-0.15, -0.1) is 0 Å². The van der Waals surface area contributed by atoms with E-state index in [0.29, 0.717) is 0 Å². The molecular weight excluding hydrogens is 162 g/mol. The SMILES string of the molecule is C=C1CSC(=NCCC)S1. The molecule has 1 nitrogen and oxygen atoms in total. The lowest BCUT2D eigenvalue weighted by atomic mass is 10.5. The van der Waals surface area contributed by atoms with E-state index in [9.17, 15) is 0 Å². The summed E-state index contributed by atoms with van der Waals surface area (Å²) in [5.41, 5.74) is 0. The zero-order valence-electron chi connectivity index (χ0n) is 6.09. The van der Waals surface area contributed by atoms with Crippen molar-refractivity contribution in [2.45, 2.75) is 13.3 Å². The number of hydrogen-bond donors (Lipinski definition) is 0. The van der Waals surface area contributed by atoms with Gasteiger partial charge in [-0.2, -0.15) is 0 Å². The maximum atomic E-state index is 4.37. The van der Waals surface area contributed by atoms with Gasteiger partial charge in [0.05, 0.1) is 0 Å². The molecule has 1 aliphatic rings. The summed E-state index contributed by atoms with van der Waals surface area (Å²) in [4.78, 5) is 5.61. The molecule has 0 spiro atoms. The molecule has 0 saturated carbocycles. The normalized spacial score (nSPS) is 22.5. The predicted octanol–water partition coefficient (Wildman–Crippen LogP) is 2.75. The first-order valence-corrected chi connectivity index (χ1v) is 5.16. The molecule has 10 heavy (non-hydrogen) atoms. The Kier molecular flexibility index (Phi) is 3.35. The van der Waals surface area contributed by atoms with E-state index >= 15 is 0 Å². The van der Waals surface area contributed by atoms with Crippen LogP contribution >= 0.6 is 23.5 Å². The third kappa shape index (κ3) is 2.39. The summed E-state index contributed by atoms with van der Waals surface area (Å²) in [5.74, 6) is 1.05. The van der Waals surface area contributed by atoms with Crippen molar-refractivity contribution in [3.05, 3.63) is 11.5 Å². The molecular formula is C7H11NS2. The van der Waals surface area contributed by atoms with Gasteiger partial charge in [0.2, 0.25) is 0 Å². The molecule has 1 aliphatic heterocycles. The zero-order valence-corrected chi connectivity index (χ0v) is 7.73. The fraction of sp³-hybridized carbons (Fsp3) is 0.571. The van der Waals surface area contributed by atoms with Gasteiger partial charge in [0.25, 0.3) is 0 Å². The minimum atomic E-state index is 0.961. The average molecular weight is 173 g/mol. The van der Waals surface area contributed by atoms with Crippen LogP contribution in [0.4, 0.5) is 0 Å². The Morgan fingerprint density at radius 1 is 1.70 bits per heavy atom. The third-order valence-corrected chi connectivity index (χ3v) is 3.44. The molecule has 0 amide bonds. The number of aliphatic imine (C=N–C) groups is 1. The van der Waals surface area contributed by atoms with E-state index in [2.05, 4.69) is 18.5 Å². The number of thioether (sulfide) groups is 2. The molecule has 0 aromatic heterocycles. The Morgan fingerprint density at radius 3 is 3.00 bits per heavy atom. The van der Waals surface area contributed by atoms with E-state index in [1.54, 1.807) is 23.5 Å². The van der Waals surface area contributed by atoms with E-state index in [4.69, 9.17) is 0 Å². The molecule has 0 atom stereocenters. The molecule has 3 heteroatoms. The topological polar surface area (TPSA) is 12.4 Å². The number of nitrogens with zero attached hydrogens (tertiary/aromatic N) is 1. The van der Waals surface area contributed by atoms with Crippen LogP contribution in [0.5, 0.6) is 0 Å². The first-order valence-electron chi connectivity index (χ1n) is 3.36. The second-order valence-electron chi connectivity index (χ2n) is 2.08. The highest BCUT2D eigenvalue weighted by Crippen LogP contribution is 2.34. The van der Waals surface area contributed by atoms with Crippen LogP contribution in [-0.2, 0) is 0 Å².